The van der Waals surface area contributed by atoms with E-state index in [0.717, 1.165) is 29.0 Å². The quantitative estimate of drug-likeness (QED) is 0.618. The molecule has 7 heteroatoms. The van der Waals surface area contributed by atoms with Crippen molar-refractivity contribution in [1.82, 2.24) is 25.5 Å². The van der Waals surface area contributed by atoms with Crippen LogP contribution in [0.3, 0.4) is 0 Å². The summed E-state index contributed by atoms with van der Waals surface area (Å²) in [6, 6.07) is 15.4. The topological polar surface area (TPSA) is 81.9 Å². The molecular formula is C21H25N5O2. The maximum absolute atomic E-state index is 12.3. The first-order valence-electron chi connectivity index (χ1n) is 9.41. The molecule has 0 saturated carbocycles. The third-order valence-electron chi connectivity index (χ3n) is 4.32. The second-order valence-electron chi connectivity index (χ2n) is 7.01. The Balaban J connectivity index is 1.52. The van der Waals surface area contributed by atoms with Gasteiger partial charge in [0.1, 0.15) is 12.1 Å². The molecule has 2 aromatic carbocycles. The lowest BCUT2D eigenvalue weighted by Gasteiger charge is -2.13. The van der Waals surface area contributed by atoms with E-state index in [1.54, 1.807) is 4.68 Å². The van der Waals surface area contributed by atoms with Crippen molar-refractivity contribution >= 4 is 5.91 Å². The molecule has 7 nitrogen and oxygen atoms in total. The second-order valence-corrected chi connectivity index (χ2v) is 7.01. The van der Waals surface area contributed by atoms with Gasteiger partial charge < -0.3 is 10.1 Å². The van der Waals surface area contributed by atoms with Gasteiger partial charge in [0, 0.05) is 12.1 Å². The summed E-state index contributed by atoms with van der Waals surface area (Å²) < 4.78 is 7.45. The number of aromatic nitrogens is 4. The summed E-state index contributed by atoms with van der Waals surface area (Å²) in [5.74, 6) is 1.39. The van der Waals surface area contributed by atoms with Gasteiger partial charge in [0.2, 0.25) is 5.91 Å². The van der Waals surface area contributed by atoms with Gasteiger partial charge in [-0.25, -0.2) is 4.68 Å². The SMILES string of the molecule is CC(C)CCOc1ccccc1CNC(=O)Cc1ccc(-n2cnnn2)cc1. The van der Waals surface area contributed by atoms with Gasteiger partial charge >= 0.3 is 0 Å². The number of ether oxygens (including phenoxy) is 1. The van der Waals surface area contributed by atoms with Crippen LogP contribution in [0.1, 0.15) is 31.4 Å². The predicted octanol–water partition coefficient (Wildman–Crippen LogP) is 2.95. The van der Waals surface area contributed by atoms with E-state index in [4.69, 9.17) is 4.74 Å². The zero-order valence-corrected chi connectivity index (χ0v) is 16.2. The van der Waals surface area contributed by atoms with Crippen LogP contribution < -0.4 is 10.1 Å². The van der Waals surface area contributed by atoms with Crippen LogP contribution in [0.15, 0.2) is 54.9 Å². The largest absolute Gasteiger partial charge is 0.493 e. The van der Waals surface area contributed by atoms with E-state index in [-0.39, 0.29) is 5.91 Å². The maximum atomic E-state index is 12.3. The summed E-state index contributed by atoms with van der Waals surface area (Å²) >= 11 is 0. The molecule has 1 heterocycles. The molecule has 1 aromatic heterocycles. The minimum absolute atomic E-state index is 0.0350. The maximum Gasteiger partial charge on any atom is 0.224 e. The van der Waals surface area contributed by atoms with Gasteiger partial charge in [0.15, 0.2) is 0 Å². The van der Waals surface area contributed by atoms with Crippen LogP contribution >= 0.6 is 0 Å². The van der Waals surface area contributed by atoms with E-state index >= 15 is 0 Å². The molecule has 0 aliphatic heterocycles. The first-order valence-corrected chi connectivity index (χ1v) is 9.41. The van der Waals surface area contributed by atoms with Gasteiger partial charge in [-0.3, -0.25) is 4.79 Å². The number of carbonyl (C=O) groups excluding carboxylic acids is 1. The van der Waals surface area contributed by atoms with Gasteiger partial charge in [-0.2, -0.15) is 0 Å². The number of hydrogen-bond donors (Lipinski definition) is 1. The van der Waals surface area contributed by atoms with Crippen LogP contribution in [0.25, 0.3) is 5.69 Å². The number of carbonyl (C=O) groups is 1. The molecule has 146 valence electrons. The number of nitrogens with one attached hydrogen (secondary N) is 1. The molecule has 0 radical (unpaired) electrons. The summed E-state index contributed by atoms with van der Waals surface area (Å²) in [5, 5.41) is 14.0. The Morgan fingerprint density at radius 2 is 1.93 bits per heavy atom. The fourth-order valence-corrected chi connectivity index (χ4v) is 2.68. The number of hydrogen-bond acceptors (Lipinski definition) is 5. The van der Waals surface area contributed by atoms with E-state index in [1.807, 2.05) is 48.5 Å². The fourth-order valence-electron chi connectivity index (χ4n) is 2.68. The van der Waals surface area contributed by atoms with Crippen molar-refractivity contribution < 1.29 is 9.53 Å². The molecule has 3 rings (SSSR count). The number of nitrogens with zero attached hydrogens (tertiary/aromatic N) is 4. The smallest absolute Gasteiger partial charge is 0.224 e. The number of benzene rings is 2. The average molecular weight is 379 g/mol. The van der Waals surface area contributed by atoms with Crippen LogP contribution in [0.4, 0.5) is 0 Å². The Kier molecular flexibility index (Phi) is 6.73. The molecule has 0 aliphatic carbocycles. The summed E-state index contributed by atoms with van der Waals surface area (Å²) in [7, 11) is 0. The Labute approximate surface area is 164 Å². The molecule has 0 spiro atoms. The van der Waals surface area contributed by atoms with Crippen molar-refractivity contribution in [1.29, 1.82) is 0 Å². The molecule has 0 atom stereocenters. The summed E-state index contributed by atoms with van der Waals surface area (Å²) in [4.78, 5) is 12.3. The zero-order chi connectivity index (χ0) is 19.8. The Bertz CT molecular complexity index is 876. The highest BCUT2D eigenvalue weighted by Gasteiger charge is 2.08. The molecule has 0 unspecified atom stereocenters. The van der Waals surface area contributed by atoms with E-state index in [0.29, 0.717) is 25.5 Å². The molecular weight excluding hydrogens is 354 g/mol. The number of tetrazole rings is 1. The fraction of sp³-hybridized carbons (Fsp3) is 0.333. The number of rotatable bonds is 9. The third-order valence-corrected chi connectivity index (χ3v) is 4.32. The number of amides is 1. The highest BCUT2D eigenvalue weighted by atomic mass is 16.5. The molecule has 3 aromatic rings. The van der Waals surface area contributed by atoms with Gasteiger partial charge in [-0.05, 0) is 46.5 Å². The van der Waals surface area contributed by atoms with Crippen LogP contribution in [-0.2, 0) is 17.8 Å². The van der Waals surface area contributed by atoms with E-state index in [2.05, 4.69) is 34.7 Å². The Hall–Kier alpha value is -3.22. The lowest BCUT2D eigenvalue weighted by molar-refractivity contribution is -0.120. The normalized spacial score (nSPS) is 10.8. The minimum Gasteiger partial charge on any atom is -0.493 e. The van der Waals surface area contributed by atoms with Crippen LogP contribution in [0.5, 0.6) is 5.75 Å². The van der Waals surface area contributed by atoms with Crippen LogP contribution in [-0.4, -0.2) is 32.7 Å². The first kappa shape index (κ1) is 19.5. The van der Waals surface area contributed by atoms with Gasteiger partial charge in [0.05, 0.1) is 18.7 Å². The van der Waals surface area contributed by atoms with Crippen molar-refractivity contribution in [2.45, 2.75) is 33.2 Å². The molecule has 0 aliphatic rings. The van der Waals surface area contributed by atoms with Crippen molar-refractivity contribution in [2.24, 2.45) is 5.92 Å². The minimum atomic E-state index is -0.0350. The monoisotopic (exact) mass is 379 g/mol. The number of para-hydroxylation sites is 1. The van der Waals surface area contributed by atoms with Crippen molar-refractivity contribution in [3.8, 4) is 11.4 Å². The molecule has 0 fully saturated rings. The van der Waals surface area contributed by atoms with Gasteiger partial charge in [0.25, 0.3) is 0 Å². The molecule has 0 bridgehead atoms. The molecule has 28 heavy (non-hydrogen) atoms. The van der Waals surface area contributed by atoms with E-state index in [1.165, 1.54) is 6.33 Å². The van der Waals surface area contributed by atoms with Crippen LogP contribution in [0, 0.1) is 5.92 Å². The van der Waals surface area contributed by atoms with Crippen LogP contribution in [0.2, 0.25) is 0 Å². The Morgan fingerprint density at radius 1 is 1.14 bits per heavy atom. The summed E-state index contributed by atoms with van der Waals surface area (Å²) in [6.45, 7) is 5.46. The third kappa shape index (κ3) is 5.64. The van der Waals surface area contributed by atoms with Gasteiger partial charge in [-0.1, -0.05) is 44.2 Å². The average Bonchev–Trinajstić information content (AvgIpc) is 3.22. The summed E-state index contributed by atoms with van der Waals surface area (Å²) in [6.07, 6.45) is 2.84. The van der Waals surface area contributed by atoms with E-state index < -0.39 is 0 Å². The lowest BCUT2D eigenvalue weighted by atomic mass is 10.1. The van der Waals surface area contributed by atoms with Gasteiger partial charge in [-0.15, -0.1) is 5.10 Å². The lowest BCUT2D eigenvalue weighted by Crippen LogP contribution is -2.24. The van der Waals surface area contributed by atoms with E-state index in [9.17, 15) is 4.79 Å². The second kappa shape index (κ2) is 9.64. The predicted molar refractivity (Wildman–Crippen MR) is 106 cm³/mol. The van der Waals surface area contributed by atoms with Crippen molar-refractivity contribution in [2.75, 3.05) is 6.61 Å². The highest BCUT2D eigenvalue weighted by molar-refractivity contribution is 5.78. The molecule has 1 N–H and O–H groups in total. The highest BCUT2D eigenvalue weighted by Crippen LogP contribution is 2.18. The zero-order valence-electron chi connectivity index (χ0n) is 16.2. The van der Waals surface area contributed by atoms with Crippen molar-refractivity contribution in [3.05, 3.63) is 66.0 Å². The molecule has 0 saturated heterocycles. The molecule has 1 amide bonds. The first-order chi connectivity index (χ1) is 13.6. The standard InChI is InChI=1S/C21H25N5O2/c1-16(2)11-12-28-20-6-4-3-5-18(20)14-22-21(27)13-17-7-9-19(10-8-17)26-15-23-24-25-26/h3-10,15-16H,11-14H2,1-2H3,(H,22,27). The summed E-state index contributed by atoms with van der Waals surface area (Å²) in [5.41, 5.74) is 2.76. The Morgan fingerprint density at radius 3 is 2.64 bits per heavy atom. The van der Waals surface area contributed by atoms with Crippen molar-refractivity contribution in [3.63, 3.8) is 0 Å².